The highest BCUT2D eigenvalue weighted by molar-refractivity contribution is 6.17. The molecule has 1 atom stereocenters. The molecular weight excluding hydrogens is 422 g/mol. The van der Waals surface area contributed by atoms with Crippen LogP contribution in [0.3, 0.4) is 0 Å². The minimum atomic E-state index is 0.291. The Hall–Kier alpha value is -2.50. The van der Waals surface area contributed by atoms with Crippen LogP contribution in [-0.4, -0.2) is 48.9 Å². The van der Waals surface area contributed by atoms with E-state index < -0.39 is 0 Å². The van der Waals surface area contributed by atoms with E-state index >= 15 is 0 Å². The Morgan fingerprint density at radius 2 is 1.72 bits per heavy atom. The second kappa shape index (κ2) is 8.45. The largest absolute Gasteiger partial charge is 0.454 e. The number of fused-ring (bicyclic) bond motifs is 2. The van der Waals surface area contributed by atoms with Gasteiger partial charge in [-0.25, -0.2) is 0 Å². The SMILES string of the molecule is ClCc1cc(N2CCC[C@H]2CN2CCCC2)c2cc(-c3ccc4c(c3)OCO4)ccc2n1. The summed E-state index contributed by atoms with van der Waals surface area (Å²) in [5.41, 5.74) is 5.51. The fraction of sp³-hybridized carbons (Fsp3) is 0.423. The monoisotopic (exact) mass is 449 g/mol. The number of alkyl halides is 1. The van der Waals surface area contributed by atoms with Gasteiger partial charge in [0, 0.05) is 30.2 Å². The summed E-state index contributed by atoms with van der Waals surface area (Å²) in [6, 6.07) is 15.5. The van der Waals surface area contributed by atoms with Crippen LogP contribution in [0.4, 0.5) is 5.69 Å². The molecule has 0 bridgehead atoms. The van der Waals surface area contributed by atoms with Crippen LogP contribution in [0, 0.1) is 0 Å². The number of benzene rings is 2. The molecule has 0 N–H and O–H groups in total. The van der Waals surface area contributed by atoms with Gasteiger partial charge in [-0.1, -0.05) is 12.1 Å². The molecule has 0 saturated carbocycles. The number of rotatable bonds is 5. The van der Waals surface area contributed by atoms with Crippen molar-refractivity contribution in [2.24, 2.45) is 0 Å². The first-order valence-electron chi connectivity index (χ1n) is 11.7. The van der Waals surface area contributed by atoms with Gasteiger partial charge in [-0.05, 0) is 80.2 Å². The molecule has 2 saturated heterocycles. The summed E-state index contributed by atoms with van der Waals surface area (Å²) in [7, 11) is 0. The molecule has 6 heteroatoms. The quantitative estimate of drug-likeness (QED) is 0.485. The number of ether oxygens (including phenoxy) is 2. The number of hydrogen-bond acceptors (Lipinski definition) is 5. The molecule has 2 aromatic carbocycles. The van der Waals surface area contributed by atoms with Gasteiger partial charge in [-0.15, -0.1) is 11.6 Å². The number of hydrogen-bond donors (Lipinski definition) is 0. The van der Waals surface area contributed by atoms with Crippen molar-refractivity contribution in [3.8, 4) is 22.6 Å². The van der Waals surface area contributed by atoms with Gasteiger partial charge in [0.15, 0.2) is 11.5 Å². The highest BCUT2D eigenvalue weighted by atomic mass is 35.5. The lowest BCUT2D eigenvalue weighted by Crippen LogP contribution is -2.39. The molecule has 3 aromatic rings. The minimum absolute atomic E-state index is 0.291. The average molecular weight is 450 g/mol. The third kappa shape index (κ3) is 3.67. The fourth-order valence-corrected chi connectivity index (χ4v) is 5.57. The summed E-state index contributed by atoms with van der Waals surface area (Å²) < 4.78 is 11.1. The van der Waals surface area contributed by atoms with Gasteiger partial charge in [0.25, 0.3) is 0 Å². The first-order valence-corrected chi connectivity index (χ1v) is 12.2. The van der Waals surface area contributed by atoms with Crippen LogP contribution in [0.1, 0.15) is 31.4 Å². The van der Waals surface area contributed by atoms with E-state index in [-0.39, 0.29) is 0 Å². The zero-order valence-electron chi connectivity index (χ0n) is 18.2. The summed E-state index contributed by atoms with van der Waals surface area (Å²) >= 11 is 6.25. The summed E-state index contributed by atoms with van der Waals surface area (Å²) in [6.07, 6.45) is 5.15. The Morgan fingerprint density at radius 3 is 2.59 bits per heavy atom. The molecule has 0 amide bonds. The highest BCUT2D eigenvalue weighted by Crippen LogP contribution is 2.39. The third-order valence-electron chi connectivity index (χ3n) is 7.04. The molecule has 0 spiro atoms. The number of pyridine rings is 1. The minimum Gasteiger partial charge on any atom is -0.454 e. The van der Waals surface area contributed by atoms with Crippen molar-refractivity contribution in [3.63, 3.8) is 0 Å². The van der Waals surface area contributed by atoms with E-state index in [0.717, 1.165) is 46.9 Å². The number of aromatic nitrogens is 1. The first kappa shape index (κ1) is 20.1. The Balaban J connectivity index is 1.41. The van der Waals surface area contributed by atoms with Crippen molar-refractivity contribution in [2.45, 2.75) is 37.6 Å². The van der Waals surface area contributed by atoms with Crippen molar-refractivity contribution in [1.82, 2.24) is 9.88 Å². The molecule has 166 valence electrons. The second-order valence-electron chi connectivity index (χ2n) is 9.06. The van der Waals surface area contributed by atoms with Gasteiger partial charge in [0.2, 0.25) is 6.79 Å². The Bertz CT molecular complexity index is 1150. The van der Waals surface area contributed by atoms with E-state index in [9.17, 15) is 0 Å². The number of nitrogens with zero attached hydrogens (tertiary/aromatic N) is 3. The van der Waals surface area contributed by atoms with E-state index in [1.165, 1.54) is 49.8 Å². The molecule has 0 radical (unpaired) electrons. The van der Waals surface area contributed by atoms with E-state index in [1.807, 2.05) is 6.07 Å². The van der Waals surface area contributed by atoms with Gasteiger partial charge in [0.05, 0.1) is 17.1 Å². The van der Waals surface area contributed by atoms with Crippen molar-refractivity contribution in [3.05, 3.63) is 48.2 Å². The summed E-state index contributed by atoms with van der Waals surface area (Å²) in [6.45, 7) is 5.01. The van der Waals surface area contributed by atoms with Crippen LogP contribution in [0.2, 0.25) is 0 Å². The maximum Gasteiger partial charge on any atom is 0.231 e. The Labute approximate surface area is 193 Å². The average Bonchev–Trinajstić information content (AvgIpc) is 3.60. The van der Waals surface area contributed by atoms with Crippen LogP contribution < -0.4 is 14.4 Å². The van der Waals surface area contributed by atoms with E-state index in [0.29, 0.717) is 18.7 Å². The third-order valence-corrected chi connectivity index (χ3v) is 7.31. The van der Waals surface area contributed by atoms with Crippen LogP contribution in [-0.2, 0) is 5.88 Å². The Kier molecular flexibility index (Phi) is 5.32. The second-order valence-corrected chi connectivity index (χ2v) is 9.33. The summed E-state index contributed by atoms with van der Waals surface area (Å²) in [5, 5.41) is 1.20. The zero-order valence-corrected chi connectivity index (χ0v) is 19.0. The lowest BCUT2D eigenvalue weighted by molar-refractivity contribution is 0.174. The maximum atomic E-state index is 6.25. The van der Waals surface area contributed by atoms with Crippen LogP contribution in [0.5, 0.6) is 11.5 Å². The molecule has 0 aliphatic carbocycles. The van der Waals surface area contributed by atoms with Crippen LogP contribution in [0.25, 0.3) is 22.0 Å². The normalized spacial score (nSPS) is 20.5. The van der Waals surface area contributed by atoms with E-state index in [4.69, 9.17) is 26.1 Å². The standard InChI is InChI=1S/C26H28ClN3O2/c27-15-20-14-24(30-11-3-4-21(30)16-29-9-1-2-10-29)22-12-18(5-7-23(22)28-20)19-6-8-25-26(13-19)32-17-31-25/h5-8,12-14,21H,1-4,9-11,15-17H2/t21-/m0/s1. The van der Waals surface area contributed by atoms with Crippen molar-refractivity contribution in [1.29, 1.82) is 0 Å². The molecule has 1 aromatic heterocycles. The van der Waals surface area contributed by atoms with Gasteiger partial charge < -0.3 is 19.3 Å². The topological polar surface area (TPSA) is 37.8 Å². The van der Waals surface area contributed by atoms with Crippen molar-refractivity contribution < 1.29 is 9.47 Å². The van der Waals surface area contributed by atoms with Gasteiger partial charge in [0.1, 0.15) is 0 Å². The smallest absolute Gasteiger partial charge is 0.231 e. The van der Waals surface area contributed by atoms with Crippen LogP contribution >= 0.6 is 11.6 Å². The van der Waals surface area contributed by atoms with Gasteiger partial charge in [-0.2, -0.15) is 0 Å². The first-order chi connectivity index (χ1) is 15.8. The molecule has 0 unspecified atom stereocenters. The Morgan fingerprint density at radius 1 is 0.906 bits per heavy atom. The van der Waals surface area contributed by atoms with Gasteiger partial charge in [-0.3, -0.25) is 4.98 Å². The van der Waals surface area contributed by atoms with E-state index in [1.54, 1.807) is 0 Å². The lowest BCUT2D eigenvalue weighted by Gasteiger charge is -2.31. The summed E-state index contributed by atoms with van der Waals surface area (Å²) in [5.74, 6) is 2.05. The van der Waals surface area contributed by atoms with Crippen LogP contribution in [0.15, 0.2) is 42.5 Å². The molecule has 2 fully saturated rings. The van der Waals surface area contributed by atoms with E-state index in [2.05, 4.69) is 46.2 Å². The van der Waals surface area contributed by atoms with Gasteiger partial charge >= 0.3 is 0 Å². The molecule has 6 rings (SSSR count). The number of likely N-dealkylation sites (tertiary alicyclic amines) is 1. The maximum absolute atomic E-state index is 6.25. The molecule has 32 heavy (non-hydrogen) atoms. The van der Waals surface area contributed by atoms with Crippen molar-refractivity contribution in [2.75, 3.05) is 37.9 Å². The van der Waals surface area contributed by atoms with Crippen molar-refractivity contribution >= 4 is 28.2 Å². The molecule has 5 nitrogen and oxygen atoms in total. The summed E-state index contributed by atoms with van der Waals surface area (Å²) in [4.78, 5) is 10.1. The lowest BCUT2D eigenvalue weighted by atomic mass is 10.0. The number of halogens is 1. The molecule has 3 aliphatic heterocycles. The molecule has 3 aliphatic rings. The predicted molar refractivity (Wildman–Crippen MR) is 129 cm³/mol. The number of anilines is 1. The molecule has 4 heterocycles. The predicted octanol–water partition coefficient (Wildman–Crippen LogP) is 5.43. The fourth-order valence-electron chi connectivity index (χ4n) is 5.43. The molecular formula is C26H28ClN3O2. The zero-order chi connectivity index (χ0) is 21.5. The highest BCUT2D eigenvalue weighted by Gasteiger charge is 2.29.